The minimum Gasteiger partial charge on any atom is -0.369 e. The maximum Gasteiger partial charge on any atom is 0.254 e. The van der Waals surface area contributed by atoms with Crippen molar-refractivity contribution in [2.24, 2.45) is 17.4 Å². The number of carbonyl (C=O) groups excluding carboxylic acids is 2. The standard InChI is InChI=1S/C16H23N3O2S.ClH/c1-11(17)12-6-8-19(9-7-12)16(21)13-4-2-3-5-14(13)22-10-15(18)20;/h2-5,11-12H,6-10,17H2,1H3,(H2,18,20);1H. The van der Waals surface area contributed by atoms with Gasteiger partial charge in [0.2, 0.25) is 5.91 Å². The first-order valence-corrected chi connectivity index (χ1v) is 8.52. The summed E-state index contributed by atoms with van der Waals surface area (Å²) in [7, 11) is 0. The van der Waals surface area contributed by atoms with E-state index in [-0.39, 0.29) is 36.0 Å². The van der Waals surface area contributed by atoms with E-state index in [9.17, 15) is 9.59 Å². The van der Waals surface area contributed by atoms with Gasteiger partial charge in [0, 0.05) is 24.0 Å². The van der Waals surface area contributed by atoms with Crippen LogP contribution in [0.3, 0.4) is 0 Å². The molecule has 0 bridgehead atoms. The Morgan fingerprint density at radius 1 is 1.30 bits per heavy atom. The number of amides is 2. The summed E-state index contributed by atoms with van der Waals surface area (Å²) >= 11 is 1.31. The van der Waals surface area contributed by atoms with Gasteiger partial charge in [0.1, 0.15) is 0 Å². The summed E-state index contributed by atoms with van der Waals surface area (Å²) in [6, 6.07) is 7.55. The fourth-order valence-electron chi connectivity index (χ4n) is 2.72. The molecule has 1 aliphatic rings. The zero-order valence-corrected chi connectivity index (χ0v) is 14.9. The number of nitrogens with zero attached hydrogens (tertiary/aromatic N) is 1. The van der Waals surface area contributed by atoms with Crippen molar-refractivity contribution in [1.29, 1.82) is 0 Å². The average Bonchev–Trinajstić information content (AvgIpc) is 2.52. The summed E-state index contributed by atoms with van der Waals surface area (Å²) < 4.78 is 0. The summed E-state index contributed by atoms with van der Waals surface area (Å²) in [5.41, 5.74) is 11.8. The third kappa shape index (κ3) is 5.41. The number of hydrogen-bond acceptors (Lipinski definition) is 4. The van der Waals surface area contributed by atoms with Gasteiger partial charge >= 0.3 is 0 Å². The van der Waals surface area contributed by atoms with Crippen molar-refractivity contribution in [3.63, 3.8) is 0 Å². The molecule has 1 atom stereocenters. The molecule has 1 aromatic rings. The molecule has 0 saturated carbocycles. The van der Waals surface area contributed by atoms with Crippen LogP contribution in [0.2, 0.25) is 0 Å². The molecule has 4 N–H and O–H groups in total. The number of likely N-dealkylation sites (tertiary alicyclic amines) is 1. The molecule has 128 valence electrons. The van der Waals surface area contributed by atoms with Crippen LogP contribution in [0.15, 0.2) is 29.2 Å². The van der Waals surface area contributed by atoms with Crippen molar-refractivity contribution in [2.45, 2.75) is 30.7 Å². The Balaban J connectivity index is 0.00000264. The van der Waals surface area contributed by atoms with Gasteiger partial charge in [0.15, 0.2) is 0 Å². The Bertz CT molecular complexity index is 546. The van der Waals surface area contributed by atoms with Crippen molar-refractivity contribution in [1.82, 2.24) is 4.90 Å². The molecule has 7 heteroatoms. The highest BCUT2D eigenvalue weighted by atomic mass is 35.5. The molecule has 0 aliphatic carbocycles. The molecule has 1 saturated heterocycles. The number of piperidine rings is 1. The molecule has 1 aliphatic heterocycles. The van der Waals surface area contributed by atoms with Crippen molar-refractivity contribution >= 4 is 36.0 Å². The number of nitrogens with two attached hydrogens (primary N) is 2. The fraction of sp³-hybridized carbons (Fsp3) is 0.500. The average molecular weight is 358 g/mol. The molecule has 1 fully saturated rings. The van der Waals surface area contributed by atoms with Crippen LogP contribution >= 0.6 is 24.2 Å². The van der Waals surface area contributed by atoms with Gasteiger partial charge in [-0.05, 0) is 37.8 Å². The normalized spacial score (nSPS) is 16.5. The summed E-state index contributed by atoms with van der Waals surface area (Å²) in [6.45, 7) is 3.50. The van der Waals surface area contributed by atoms with E-state index in [1.165, 1.54) is 11.8 Å². The first-order valence-electron chi connectivity index (χ1n) is 7.54. The molecule has 5 nitrogen and oxygen atoms in total. The molecule has 2 rings (SSSR count). The zero-order valence-electron chi connectivity index (χ0n) is 13.2. The minimum atomic E-state index is -0.384. The minimum absolute atomic E-state index is 0. The second kappa shape index (κ2) is 9.15. The lowest BCUT2D eigenvalue weighted by Gasteiger charge is -2.34. The Morgan fingerprint density at radius 3 is 2.48 bits per heavy atom. The summed E-state index contributed by atoms with van der Waals surface area (Å²) in [5.74, 6) is 0.307. The van der Waals surface area contributed by atoms with Crippen LogP contribution in [-0.4, -0.2) is 41.6 Å². The van der Waals surface area contributed by atoms with E-state index in [2.05, 4.69) is 0 Å². The Labute approximate surface area is 147 Å². The molecule has 0 spiro atoms. The molecular formula is C16H24ClN3O2S. The monoisotopic (exact) mass is 357 g/mol. The topological polar surface area (TPSA) is 89.4 Å². The lowest BCUT2D eigenvalue weighted by Crippen LogP contribution is -2.42. The second-order valence-electron chi connectivity index (χ2n) is 5.74. The van der Waals surface area contributed by atoms with Crippen molar-refractivity contribution in [2.75, 3.05) is 18.8 Å². The Kier molecular flexibility index (Phi) is 7.88. The predicted octanol–water partition coefficient (Wildman–Crippen LogP) is 1.89. The molecular weight excluding hydrogens is 334 g/mol. The van der Waals surface area contributed by atoms with E-state index in [1.807, 2.05) is 36.1 Å². The number of primary amides is 1. The highest BCUT2D eigenvalue weighted by Crippen LogP contribution is 2.26. The van der Waals surface area contributed by atoms with Crippen LogP contribution in [0.25, 0.3) is 0 Å². The van der Waals surface area contributed by atoms with Gasteiger partial charge in [-0.25, -0.2) is 0 Å². The van der Waals surface area contributed by atoms with E-state index < -0.39 is 0 Å². The molecule has 2 amide bonds. The van der Waals surface area contributed by atoms with Crippen molar-refractivity contribution in [3.05, 3.63) is 29.8 Å². The summed E-state index contributed by atoms with van der Waals surface area (Å²) in [6.07, 6.45) is 1.89. The predicted molar refractivity (Wildman–Crippen MR) is 95.9 cm³/mol. The lowest BCUT2D eigenvalue weighted by molar-refractivity contribution is -0.115. The van der Waals surface area contributed by atoms with E-state index in [0.717, 1.165) is 30.8 Å². The maximum atomic E-state index is 12.7. The van der Waals surface area contributed by atoms with Gasteiger partial charge < -0.3 is 16.4 Å². The van der Waals surface area contributed by atoms with Gasteiger partial charge in [-0.1, -0.05) is 12.1 Å². The number of hydrogen-bond donors (Lipinski definition) is 2. The zero-order chi connectivity index (χ0) is 16.1. The van der Waals surface area contributed by atoms with Crippen LogP contribution in [0.1, 0.15) is 30.1 Å². The summed E-state index contributed by atoms with van der Waals surface area (Å²) in [5, 5.41) is 0. The van der Waals surface area contributed by atoms with Crippen LogP contribution in [0.4, 0.5) is 0 Å². The lowest BCUT2D eigenvalue weighted by atomic mass is 9.90. The van der Waals surface area contributed by atoms with Crippen LogP contribution < -0.4 is 11.5 Å². The third-order valence-corrected chi connectivity index (χ3v) is 5.15. The van der Waals surface area contributed by atoms with Gasteiger partial charge in [0.25, 0.3) is 5.91 Å². The van der Waals surface area contributed by atoms with Crippen LogP contribution in [0.5, 0.6) is 0 Å². The van der Waals surface area contributed by atoms with E-state index in [1.54, 1.807) is 0 Å². The molecule has 0 radical (unpaired) electrons. The molecule has 1 unspecified atom stereocenters. The molecule has 0 aromatic heterocycles. The highest BCUT2D eigenvalue weighted by molar-refractivity contribution is 8.00. The first-order chi connectivity index (χ1) is 10.5. The smallest absolute Gasteiger partial charge is 0.254 e. The maximum absolute atomic E-state index is 12.7. The van der Waals surface area contributed by atoms with Crippen LogP contribution in [-0.2, 0) is 4.79 Å². The highest BCUT2D eigenvalue weighted by Gasteiger charge is 2.26. The number of carbonyl (C=O) groups is 2. The Hall–Kier alpha value is -1.24. The SMILES string of the molecule is CC(N)C1CCN(C(=O)c2ccccc2SCC(N)=O)CC1.Cl. The largest absolute Gasteiger partial charge is 0.369 e. The third-order valence-electron chi connectivity index (χ3n) is 4.06. The van der Waals surface area contributed by atoms with E-state index in [0.29, 0.717) is 11.5 Å². The van der Waals surface area contributed by atoms with E-state index >= 15 is 0 Å². The fourth-order valence-corrected chi connectivity index (χ4v) is 3.50. The summed E-state index contributed by atoms with van der Waals surface area (Å²) in [4.78, 5) is 26.3. The van der Waals surface area contributed by atoms with Gasteiger partial charge in [-0.3, -0.25) is 9.59 Å². The van der Waals surface area contributed by atoms with Crippen LogP contribution in [0, 0.1) is 5.92 Å². The molecule has 1 aromatic carbocycles. The second-order valence-corrected chi connectivity index (χ2v) is 6.76. The van der Waals surface area contributed by atoms with Crippen molar-refractivity contribution in [3.8, 4) is 0 Å². The first kappa shape index (κ1) is 19.8. The Morgan fingerprint density at radius 2 is 1.91 bits per heavy atom. The van der Waals surface area contributed by atoms with Gasteiger partial charge in [0.05, 0.1) is 11.3 Å². The quantitative estimate of drug-likeness (QED) is 0.787. The van der Waals surface area contributed by atoms with Gasteiger partial charge in [-0.2, -0.15) is 0 Å². The van der Waals surface area contributed by atoms with E-state index in [4.69, 9.17) is 11.5 Å². The van der Waals surface area contributed by atoms with Gasteiger partial charge in [-0.15, -0.1) is 24.2 Å². The number of rotatable bonds is 5. The van der Waals surface area contributed by atoms with Crippen molar-refractivity contribution < 1.29 is 9.59 Å². The number of halogens is 1. The number of benzene rings is 1. The molecule has 23 heavy (non-hydrogen) atoms. The molecule has 1 heterocycles. The number of thioether (sulfide) groups is 1.